The highest BCUT2D eigenvalue weighted by atomic mass is 19.1. The van der Waals surface area contributed by atoms with E-state index < -0.39 is 35.7 Å². The Bertz CT molecular complexity index is 1640. The number of nitrogens with one attached hydrogen (secondary N) is 1. The van der Waals surface area contributed by atoms with Gasteiger partial charge in [0.15, 0.2) is 5.69 Å². The highest BCUT2D eigenvalue weighted by Crippen LogP contribution is 2.32. The van der Waals surface area contributed by atoms with E-state index in [9.17, 15) is 23.9 Å². The maximum absolute atomic E-state index is 14.2. The van der Waals surface area contributed by atoms with Gasteiger partial charge < -0.3 is 24.2 Å². The first-order chi connectivity index (χ1) is 19.5. The van der Waals surface area contributed by atoms with Gasteiger partial charge in [0.05, 0.1) is 12.2 Å². The van der Waals surface area contributed by atoms with Crippen molar-refractivity contribution in [1.82, 2.24) is 14.9 Å². The molecule has 11 heteroatoms. The molecule has 5 rings (SSSR count). The van der Waals surface area contributed by atoms with Crippen molar-refractivity contribution in [2.75, 3.05) is 11.6 Å². The van der Waals surface area contributed by atoms with Crippen molar-refractivity contribution >= 4 is 34.4 Å². The van der Waals surface area contributed by atoms with Gasteiger partial charge >= 0.3 is 11.9 Å². The van der Waals surface area contributed by atoms with Crippen molar-refractivity contribution in [2.24, 2.45) is 18.9 Å². The van der Waals surface area contributed by atoms with E-state index in [4.69, 9.17) is 9.25 Å². The van der Waals surface area contributed by atoms with Crippen molar-refractivity contribution in [3.63, 3.8) is 0 Å². The lowest BCUT2D eigenvalue weighted by atomic mass is 9.94. The predicted octanol–water partition coefficient (Wildman–Crippen LogP) is 4.51. The molecule has 0 radical (unpaired) electrons. The zero-order valence-electron chi connectivity index (χ0n) is 23.2. The molecule has 2 N–H and O–H groups in total. The quantitative estimate of drug-likeness (QED) is 0.286. The third kappa shape index (κ3) is 5.39. The number of hydrogen-bond acceptors (Lipinski definition) is 7. The summed E-state index contributed by atoms with van der Waals surface area (Å²) in [6.07, 6.45) is 2.52. The summed E-state index contributed by atoms with van der Waals surface area (Å²) in [5, 5.41) is 14.7. The Morgan fingerprint density at radius 1 is 1.17 bits per heavy atom. The van der Waals surface area contributed by atoms with Crippen LogP contribution in [0.5, 0.6) is 0 Å². The molecule has 0 saturated heterocycles. The van der Waals surface area contributed by atoms with Crippen molar-refractivity contribution < 1.29 is 33.1 Å². The number of amides is 1. The number of benzene rings is 2. The molecule has 10 nitrogen and oxygen atoms in total. The Kier molecular flexibility index (Phi) is 7.53. The van der Waals surface area contributed by atoms with E-state index in [1.165, 1.54) is 24.1 Å². The first-order valence-electron chi connectivity index (χ1n) is 13.4. The summed E-state index contributed by atoms with van der Waals surface area (Å²) in [5.74, 6) is -4.58. The third-order valence-electron chi connectivity index (χ3n) is 7.36. The molecular formula is C30H31FN4O6. The number of aromatic carboxylic acids is 1. The van der Waals surface area contributed by atoms with Crippen LogP contribution in [0.1, 0.15) is 53.2 Å². The minimum Gasteiger partial charge on any atom is -0.476 e. The molecule has 1 amide bonds. The molecule has 2 aromatic carbocycles. The van der Waals surface area contributed by atoms with E-state index in [1.54, 1.807) is 19.9 Å². The van der Waals surface area contributed by atoms with Crippen molar-refractivity contribution in [3.05, 3.63) is 83.0 Å². The number of hydrogen-bond donors (Lipinski definition) is 2. The number of carbonyl (C=O) groups excluding carboxylic acids is 2. The van der Waals surface area contributed by atoms with E-state index in [1.807, 2.05) is 42.1 Å². The van der Waals surface area contributed by atoms with E-state index in [0.29, 0.717) is 17.7 Å². The van der Waals surface area contributed by atoms with Gasteiger partial charge in [-0.05, 0) is 43.0 Å². The van der Waals surface area contributed by atoms with Crippen molar-refractivity contribution in [1.29, 1.82) is 0 Å². The molecule has 0 unspecified atom stereocenters. The maximum Gasteiger partial charge on any atom is 0.358 e. The van der Waals surface area contributed by atoms with E-state index in [-0.39, 0.29) is 36.1 Å². The van der Waals surface area contributed by atoms with Gasteiger partial charge in [0.25, 0.3) is 0 Å². The minimum absolute atomic E-state index is 0.0148. The summed E-state index contributed by atoms with van der Waals surface area (Å²) in [6, 6.07) is 11.4. The molecule has 4 aromatic rings. The molecule has 2 aromatic heterocycles. The summed E-state index contributed by atoms with van der Waals surface area (Å²) in [5.41, 5.74) is 2.51. The number of aromatic nitrogens is 2. The summed E-state index contributed by atoms with van der Waals surface area (Å²) in [6.45, 7) is 5.20. The summed E-state index contributed by atoms with van der Waals surface area (Å²) in [7, 11) is 1.91. The van der Waals surface area contributed by atoms with Crippen molar-refractivity contribution in [2.45, 2.75) is 39.7 Å². The second kappa shape index (κ2) is 11.1. The number of oxazole rings is 1. The summed E-state index contributed by atoms with van der Waals surface area (Å²) in [4.78, 5) is 48.5. The van der Waals surface area contributed by atoms with E-state index >= 15 is 0 Å². The number of carbonyl (C=O) groups is 3. The number of anilines is 1. The highest BCUT2D eigenvalue weighted by Gasteiger charge is 2.37. The fraction of sp³-hybridized carbons (Fsp3) is 0.333. The predicted molar refractivity (Wildman–Crippen MR) is 148 cm³/mol. The number of rotatable bonds is 9. The Morgan fingerprint density at radius 3 is 2.63 bits per heavy atom. The molecule has 0 spiro atoms. The normalized spacial score (nSPS) is 14.2. The summed E-state index contributed by atoms with van der Waals surface area (Å²) >= 11 is 0. The van der Waals surface area contributed by atoms with Gasteiger partial charge in [-0.1, -0.05) is 38.1 Å². The second-order valence-corrected chi connectivity index (χ2v) is 10.5. The molecule has 1 aliphatic rings. The molecule has 0 aliphatic carbocycles. The molecule has 2 atom stereocenters. The topological polar surface area (TPSA) is 127 Å². The van der Waals surface area contributed by atoms with Crippen LogP contribution in [-0.2, 0) is 34.3 Å². The first kappa shape index (κ1) is 27.9. The van der Waals surface area contributed by atoms with Gasteiger partial charge in [0, 0.05) is 36.1 Å². The lowest BCUT2D eigenvalue weighted by molar-refractivity contribution is -0.155. The van der Waals surface area contributed by atoms with Crippen LogP contribution in [0.25, 0.3) is 10.9 Å². The average Bonchev–Trinajstić information content (AvgIpc) is 3.60. The SMILES string of the molecule is Cc1oc([C@@H](Cc2cn(C)c3ccccc23)NC(=O)[C@@H](C(=O)ON2CCc3c(F)cccc32)C(C)C)nc1C(=O)O. The van der Waals surface area contributed by atoms with Crippen LogP contribution in [0.3, 0.4) is 0 Å². The Morgan fingerprint density at radius 2 is 1.93 bits per heavy atom. The van der Waals surface area contributed by atoms with Crippen LogP contribution in [0.15, 0.2) is 53.1 Å². The van der Waals surface area contributed by atoms with E-state index in [2.05, 4.69) is 10.3 Å². The Labute approximate surface area is 235 Å². The van der Waals surface area contributed by atoms with Gasteiger partial charge in [0.2, 0.25) is 11.8 Å². The zero-order chi connectivity index (χ0) is 29.4. The molecule has 0 saturated carbocycles. The molecule has 0 fully saturated rings. The van der Waals surface area contributed by atoms with Crippen molar-refractivity contribution in [3.8, 4) is 0 Å². The number of halogens is 1. The second-order valence-electron chi connectivity index (χ2n) is 10.5. The standard InChI is InChI=1S/C30H31FN4O6/c1-16(2)25(30(39)41-35-13-12-20-21(31)9-7-11-24(20)35)27(36)32-22(28-33-26(29(37)38)17(3)40-28)14-18-15-34(4)23-10-6-5-8-19(18)23/h5-11,15-16,22,25H,12-14H2,1-4H3,(H,32,36)(H,37,38)/t22-,25+/m1/s1. The average molecular weight is 563 g/mol. The van der Waals surface area contributed by atoms with Crippen LogP contribution in [0, 0.1) is 24.6 Å². The molecule has 0 bridgehead atoms. The van der Waals surface area contributed by atoms with E-state index in [0.717, 1.165) is 16.5 Å². The van der Waals surface area contributed by atoms with Gasteiger partial charge in [-0.2, -0.15) is 0 Å². The number of nitrogens with zero attached hydrogens (tertiary/aromatic N) is 3. The van der Waals surface area contributed by atoms with Crippen LogP contribution in [0.4, 0.5) is 10.1 Å². The number of aryl methyl sites for hydroxylation is 2. The van der Waals surface area contributed by atoms with Gasteiger partial charge in [0.1, 0.15) is 23.5 Å². The molecule has 1 aliphatic heterocycles. The highest BCUT2D eigenvalue weighted by molar-refractivity contribution is 5.98. The van der Waals surface area contributed by atoms with Crippen LogP contribution >= 0.6 is 0 Å². The fourth-order valence-electron chi connectivity index (χ4n) is 5.34. The number of fused-ring (bicyclic) bond motifs is 2. The maximum atomic E-state index is 14.2. The molecule has 3 heterocycles. The van der Waals surface area contributed by atoms with Gasteiger partial charge in [-0.15, -0.1) is 0 Å². The Balaban J connectivity index is 1.42. The summed E-state index contributed by atoms with van der Waals surface area (Å²) < 4.78 is 21.9. The van der Waals surface area contributed by atoms with Gasteiger partial charge in [-0.3, -0.25) is 4.79 Å². The minimum atomic E-state index is -1.25. The molecule has 214 valence electrons. The van der Waals surface area contributed by atoms with Crippen LogP contribution < -0.4 is 10.4 Å². The monoisotopic (exact) mass is 562 g/mol. The number of hydroxylamine groups is 1. The molecular weight excluding hydrogens is 531 g/mol. The lowest BCUT2D eigenvalue weighted by Crippen LogP contribution is -2.43. The largest absolute Gasteiger partial charge is 0.476 e. The van der Waals surface area contributed by atoms with Crippen LogP contribution in [0.2, 0.25) is 0 Å². The number of carboxylic acid groups (broad SMARTS) is 1. The Hall–Kier alpha value is -4.67. The zero-order valence-corrected chi connectivity index (χ0v) is 23.2. The first-order valence-corrected chi connectivity index (χ1v) is 13.4. The molecule has 41 heavy (non-hydrogen) atoms. The lowest BCUT2D eigenvalue weighted by Gasteiger charge is -2.25. The smallest absolute Gasteiger partial charge is 0.358 e. The number of carboxylic acids is 1. The van der Waals surface area contributed by atoms with Crippen LogP contribution in [-0.4, -0.2) is 39.0 Å². The fourth-order valence-corrected chi connectivity index (χ4v) is 5.34. The van der Waals surface area contributed by atoms with Gasteiger partial charge in [-0.25, -0.2) is 24.0 Å². The number of para-hydroxylation sites is 1. The third-order valence-corrected chi connectivity index (χ3v) is 7.36.